The Morgan fingerprint density at radius 2 is 1.93 bits per heavy atom. The molecule has 2 aliphatic heterocycles. The number of aliphatic hydroxyl groups excluding tert-OH is 2. The number of hydrogen-bond donors (Lipinski definition) is 3. The number of nitriles is 1. The Balaban J connectivity index is 1.19. The van der Waals surface area contributed by atoms with Gasteiger partial charge in [-0.25, -0.2) is 4.68 Å². The molecule has 3 N–H and O–H groups in total. The standard InChI is InChI=1S/C30H36N6O5/c1-19-27(37)28(38)26(41-30(19)40-2)18-36-17-24(33-34-36)16-32-29(39)23(15-31)13-20-6-7-22-14-25(9-8-21(22)12-20)35-10-4-3-5-11-35/h6-9,12-14,17,19,26-28,30,37-38H,3-5,10-11,16,18H2,1-2H3,(H,32,39)/b23-13+. The number of methoxy groups -OCH3 is 1. The molecule has 2 aliphatic rings. The van der Waals surface area contributed by atoms with Crippen molar-refractivity contribution in [1.29, 1.82) is 5.26 Å². The quantitative estimate of drug-likeness (QED) is 0.279. The number of benzene rings is 2. The molecule has 41 heavy (non-hydrogen) atoms. The fourth-order valence-electron chi connectivity index (χ4n) is 5.45. The molecule has 0 saturated carbocycles. The Morgan fingerprint density at radius 3 is 2.68 bits per heavy atom. The number of hydrogen-bond acceptors (Lipinski definition) is 9. The smallest absolute Gasteiger partial charge is 0.262 e. The third-order valence-corrected chi connectivity index (χ3v) is 7.87. The highest BCUT2D eigenvalue weighted by molar-refractivity contribution is 6.02. The minimum Gasteiger partial charge on any atom is -0.390 e. The van der Waals surface area contributed by atoms with Crippen LogP contribution in [0.5, 0.6) is 0 Å². The molecule has 2 saturated heterocycles. The van der Waals surface area contributed by atoms with Crippen LogP contribution in [-0.2, 0) is 27.4 Å². The molecule has 1 amide bonds. The van der Waals surface area contributed by atoms with Crippen molar-refractivity contribution in [2.75, 3.05) is 25.1 Å². The van der Waals surface area contributed by atoms with Crippen molar-refractivity contribution in [3.05, 3.63) is 59.4 Å². The van der Waals surface area contributed by atoms with Crippen LogP contribution in [0.15, 0.2) is 48.2 Å². The monoisotopic (exact) mass is 560 g/mol. The van der Waals surface area contributed by atoms with E-state index in [-0.39, 0.29) is 24.6 Å². The zero-order valence-corrected chi connectivity index (χ0v) is 23.3. The molecule has 5 unspecified atom stereocenters. The Kier molecular flexibility index (Phi) is 8.95. The molecule has 0 radical (unpaired) electrons. The SMILES string of the molecule is COC1OC(Cn2cc(CNC(=O)/C(C#N)=C/c3ccc4cc(N5CCCCC5)ccc4c3)nn2)C(O)C(O)C1C. The Labute approximate surface area is 239 Å². The van der Waals surface area contributed by atoms with Gasteiger partial charge in [0, 0.05) is 31.8 Å². The summed E-state index contributed by atoms with van der Waals surface area (Å²) in [5, 5.41) is 43.3. The lowest BCUT2D eigenvalue weighted by Gasteiger charge is -2.40. The van der Waals surface area contributed by atoms with E-state index in [9.17, 15) is 20.3 Å². The maximum absolute atomic E-state index is 12.8. The first-order valence-electron chi connectivity index (χ1n) is 14.0. The van der Waals surface area contributed by atoms with Crippen LogP contribution in [0.4, 0.5) is 5.69 Å². The van der Waals surface area contributed by atoms with Gasteiger partial charge in [-0.2, -0.15) is 5.26 Å². The van der Waals surface area contributed by atoms with Gasteiger partial charge in [-0.05, 0) is 59.9 Å². The number of rotatable bonds is 8. The minimum absolute atomic E-state index is 0.0193. The molecule has 2 fully saturated rings. The van der Waals surface area contributed by atoms with Crippen LogP contribution in [-0.4, -0.2) is 75.9 Å². The average molecular weight is 561 g/mol. The van der Waals surface area contributed by atoms with Crippen LogP contribution < -0.4 is 10.2 Å². The highest BCUT2D eigenvalue weighted by Crippen LogP contribution is 2.28. The molecule has 1 aromatic heterocycles. The summed E-state index contributed by atoms with van der Waals surface area (Å²) in [5.74, 6) is -0.907. The van der Waals surface area contributed by atoms with Crippen LogP contribution in [0.25, 0.3) is 16.8 Å². The first-order chi connectivity index (χ1) is 19.9. The fraction of sp³-hybridized carbons (Fsp3) is 0.467. The van der Waals surface area contributed by atoms with Crippen LogP contribution in [0, 0.1) is 17.2 Å². The van der Waals surface area contributed by atoms with E-state index in [0.29, 0.717) is 5.69 Å². The number of nitrogens with zero attached hydrogens (tertiary/aromatic N) is 5. The van der Waals surface area contributed by atoms with Gasteiger partial charge in [0.15, 0.2) is 6.29 Å². The van der Waals surface area contributed by atoms with Crippen molar-refractivity contribution in [2.45, 2.75) is 63.9 Å². The number of aromatic nitrogens is 3. The van der Waals surface area contributed by atoms with Crippen molar-refractivity contribution >= 4 is 28.4 Å². The van der Waals surface area contributed by atoms with E-state index in [1.807, 2.05) is 24.3 Å². The average Bonchev–Trinajstić information content (AvgIpc) is 3.46. The lowest BCUT2D eigenvalue weighted by molar-refractivity contribution is -0.272. The molecule has 3 heterocycles. The van der Waals surface area contributed by atoms with Gasteiger partial charge in [0.2, 0.25) is 0 Å². The number of nitrogens with one attached hydrogen (secondary N) is 1. The first kappa shape index (κ1) is 28.7. The second-order valence-corrected chi connectivity index (χ2v) is 10.7. The number of carbonyl (C=O) groups is 1. The maximum atomic E-state index is 12.8. The summed E-state index contributed by atoms with van der Waals surface area (Å²) < 4.78 is 12.5. The summed E-state index contributed by atoms with van der Waals surface area (Å²) in [7, 11) is 1.48. The highest BCUT2D eigenvalue weighted by Gasteiger charge is 2.42. The number of carbonyl (C=O) groups excluding carboxylic acids is 1. The molecule has 5 rings (SSSR count). The number of amides is 1. The second-order valence-electron chi connectivity index (χ2n) is 10.7. The van der Waals surface area contributed by atoms with Crippen molar-refractivity contribution in [3.63, 3.8) is 0 Å². The fourth-order valence-corrected chi connectivity index (χ4v) is 5.45. The number of aliphatic hydroxyl groups is 2. The van der Waals surface area contributed by atoms with Crippen molar-refractivity contribution < 1.29 is 24.5 Å². The summed E-state index contributed by atoms with van der Waals surface area (Å²) in [5.41, 5.74) is 2.43. The molecule has 5 atom stereocenters. The molecular formula is C30H36N6O5. The molecule has 3 aromatic rings. The summed E-state index contributed by atoms with van der Waals surface area (Å²) in [6.07, 6.45) is 3.39. The van der Waals surface area contributed by atoms with Crippen molar-refractivity contribution in [1.82, 2.24) is 20.3 Å². The van der Waals surface area contributed by atoms with E-state index in [4.69, 9.17) is 9.47 Å². The number of fused-ring (bicyclic) bond motifs is 1. The van der Waals surface area contributed by atoms with Crippen LogP contribution in [0.3, 0.4) is 0 Å². The Bertz CT molecular complexity index is 1440. The van der Waals surface area contributed by atoms with E-state index in [2.05, 4.69) is 38.7 Å². The first-order valence-corrected chi connectivity index (χ1v) is 14.0. The largest absolute Gasteiger partial charge is 0.390 e. The van der Waals surface area contributed by atoms with E-state index in [1.54, 1.807) is 19.2 Å². The van der Waals surface area contributed by atoms with Gasteiger partial charge >= 0.3 is 0 Å². The molecule has 0 spiro atoms. The van der Waals surface area contributed by atoms with Gasteiger partial charge in [0.25, 0.3) is 5.91 Å². The molecule has 0 bridgehead atoms. The number of ether oxygens (including phenoxy) is 2. The zero-order chi connectivity index (χ0) is 28.9. The normalized spacial score (nSPS) is 25.2. The Hall–Kier alpha value is -3.82. The highest BCUT2D eigenvalue weighted by atomic mass is 16.7. The van der Waals surface area contributed by atoms with Crippen molar-refractivity contribution in [2.24, 2.45) is 5.92 Å². The van der Waals surface area contributed by atoms with Gasteiger partial charge in [-0.1, -0.05) is 30.3 Å². The predicted octanol–water partition coefficient (Wildman–Crippen LogP) is 2.37. The van der Waals surface area contributed by atoms with Gasteiger partial charge in [0.1, 0.15) is 29.5 Å². The summed E-state index contributed by atoms with van der Waals surface area (Å²) in [4.78, 5) is 15.2. The summed E-state index contributed by atoms with van der Waals surface area (Å²) >= 11 is 0. The summed E-state index contributed by atoms with van der Waals surface area (Å²) in [6.45, 7) is 4.10. The van der Waals surface area contributed by atoms with Crippen LogP contribution in [0.1, 0.15) is 37.4 Å². The third-order valence-electron chi connectivity index (χ3n) is 7.87. The van der Waals surface area contributed by atoms with Crippen molar-refractivity contribution in [3.8, 4) is 6.07 Å². The summed E-state index contributed by atoms with van der Waals surface area (Å²) in [6, 6.07) is 14.3. The van der Waals surface area contributed by atoms with Gasteiger partial charge in [-0.3, -0.25) is 4.79 Å². The minimum atomic E-state index is -1.11. The topological polar surface area (TPSA) is 146 Å². The lowest BCUT2D eigenvalue weighted by Crippen LogP contribution is -2.55. The van der Waals surface area contributed by atoms with Crippen LogP contribution in [0.2, 0.25) is 0 Å². The molecule has 2 aromatic carbocycles. The zero-order valence-electron chi connectivity index (χ0n) is 23.3. The van der Waals surface area contributed by atoms with E-state index >= 15 is 0 Å². The Morgan fingerprint density at radius 1 is 1.17 bits per heavy atom. The lowest BCUT2D eigenvalue weighted by atomic mass is 9.92. The van der Waals surface area contributed by atoms with Gasteiger partial charge in [-0.15, -0.1) is 5.10 Å². The molecular weight excluding hydrogens is 524 g/mol. The second kappa shape index (κ2) is 12.8. The predicted molar refractivity (Wildman–Crippen MR) is 152 cm³/mol. The van der Waals surface area contributed by atoms with E-state index in [1.165, 1.54) is 36.7 Å². The molecule has 11 nitrogen and oxygen atoms in total. The van der Waals surface area contributed by atoms with E-state index < -0.39 is 30.5 Å². The number of piperidine rings is 1. The molecule has 0 aliphatic carbocycles. The van der Waals surface area contributed by atoms with E-state index in [0.717, 1.165) is 29.4 Å². The van der Waals surface area contributed by atoms with Crippen LogP contribution >= 0.6 is 0 Å². The number of anilines is 1. The van der Waals surface area contributed by atoms with Gasteiger partial charge in [0.05, 0.1) is 25.4 Å². The molecule has 216 valence electrons. The van der Waals surface area contributed by atoms with Gasteiger partial charge < -0.3 is 29.9 Å². The third kappa shape index (κ3) is 6.57. The molecule has 11 heteroatoms. The maximum Gasteiger partial charge on any atom is 0.262 e.